The highest BCUT2D eigenvalue weighted by Crippen LogP contribution is 2.27. The zero-order valence-corrected chi connectivity index (χ0v) is 14.1. The largest absolute Gasteiger partial charge is 0.497 e. The number of halogens is 1. The lowest BCUT2D eigenvalue weighted by Gasteiger charge is -2.18. The lowest BCUT2D eigenvalue weighted by molar-refractivity contribution is -0.125. The molecule has 1 saturated heterocycles. The van der Waals surface area contributed by atoms with E-state index in [1.54, 1.807) is 7.11 Å². The Morgan fingerprint density at radius 3 is 2.92 bits per heavy atom. The van der Waals surface area contributed by atoms with Crippen molar-refractivity contribution in [2.24, 2.45) is 5.92 Å². The van der Waals surface area contributed by atoms with Gasteiger partial charge in [-0.3, -0.25) is 10.2 Å². The number of nitrogens with one attached hydrogen (secondary N) is 3. The first-order valence-electron chi connectivity index (χ1n) is 7.82. The number of methoxy groups -OCH3 is 1. The van der Waals surface area contributed by atoms with Gasteiger partial charge in [-0.2, -0.15) is 0 Å². The maximum absolute atomic E-state index is 12.6. The van der Waals surface area contributed by atoms with Crippen LogP contribution in [-0.2, 0) is 11.3 Å². The smallest absolute Gasteiger partial charge is 0.226 e. The van der Waals surface area contributed by atoms with Gasteiger partial charge in [0.05, 0.1) is 19.1 Å². The minimum atomic E-state index is -0.200. The Balaban J connectivity index is 1.65. The highest BCUT2D eigenvalue weighted by atomic mass is 35.5. The molecule has 3 rings (SSSR count). The second kappa shape index (κ2) is 7.66. The van der Waals surface area contributed by atoms with Crippen molar-refractivity contribution in [3.05, 3.63) is 64.7 Å². The Morgan fingerprint density at radius 2 is 2.12 bits per heavy atom. The lowest BCUT2D eigenvalue weighted by Crippen LogP contribution is -2.34. The van der Waals surface area contributed by atoms with Crippen LogP contribution in [-0.4, -0.2) is 19.6 Å². The predicted octanol–water partition coefficient (Wildman–Crippen LogP) is 2.43. The number of carbonyl (C=O) groups excluding carboxylic acids is 1. The summed E-state index contributed by atoms with van der Waals surface area (Å²) < 4.78 is 5.20. The van der Waals surface area contributed by atoms with Crippen molar-refractivity contribution in [3.8, 4) is 5.75 Å². The van der Waals surface area contributed by atoms with E-state index in [4.69, 9.17) is 16.3 Å². The number of hydrogen-bond donors (Lipinski definition) is 3. The Morgan fingerprint density at radius 1 is 1.29 bits per heavy atom. The number of hydrogen-bond acceptors (Lipinski definition) is 4. The lowest BCUT2D eigenvalue weighted by atomic mass is 9.94. The average Bonchev–Trinajstić information content (AvgIpc) is 3.10. The van der Waals surface area contributed by atoms with Crippen molar-refractivity contribution in [2.75, 3.05) is 13.7 Å². The molecule has 1 amide bonds. The highest BCUT2D eigenvalue weighted by Gasteiger charge is 2.33. The first-order valence-corrected chi connectivity index (χ1v) is 8.19. The van der Waals surface area contributed by atoms with Gasteiger partial charge in [0.25, 0.3) is 0 Å². The van der Waals surface area contributed by atoms with Gasteiger partial charge in [0.15, 0.2) is 0 Å². The van der Waals surface area contributed by atoms with Crippen LogP contribution in [0.2, 0.25) is 5.02 Å². The molecule has 0 spiro atoms. The molecule has 3 N–H and O–H groups in total. The number of rotatable bonds is 5. The summed E-state index contributed by atoms with van der Waals surface area (Å²) in [6.45, 7) is 1.04. The average molecular weight is 346 g/mol. The Bertz CT molecular complexity index is 723. The van der Waals surface area contributed by atoms with Crippen LogP contribution >= 0.6 is 11.6 Å². The second-order valence-electron chi connectivity index (χ2n) is 5.73. The van der Waals surface area contributed by atoms with Gasteiger partial charge in [0.2, 0.25) is 5.91 Å². The molecule has 1 aliphatic heterocycles. The van der Waals surface area contributed by atoms with Gasteiger partial charge in [-0.25, -0.2) is 5.43 Å². The molecular weight excluding hydrogens is 326 g/mol. The molecule has 1 fully saturated rings. The van der Waals surface area contributed by atoms with Crippen molar-refractivity contribution < 1.29 is 9.53 Å². The van der Waals surface area contributed by atoms with E-state index in [0.29, 0.717) is 18.1 Å². The quantitative estimate of drug-likeness (QED) is 0.779. The van der Waals surface area contributed by atoms with Crippen LogP contribution in [0.1, 0.15) is 17.2 Å². The van der Waals surface area contributed by atoms with Crippen LogP contribution in [0.3, 0.4) is 0 Å². The Hall–Kier alpha value is -2.08. The molecular formula is C18H20ClN3O2. The van der Waals surface area contributed by atoms with E-state index in [1.807, 2.05) is 48.5 Å². The number of ether oxygens (including phenoxy) is 1. The number of hydrazine groups is 1. The van der Waals surface area contributed by atoms with Crippen LogP contribution < -0.4 is 20.9 Å². The fourth-order valence-corrected chi connectivity index (χ4v) is 3.06. The topological polar surface area (TPSA) is 62.4 Å². The van der Waals surface area contributed by atoms with E-state index < -0.39 is 0 Å². The minimum absolute atomic E-state index is 0.000274. The molecule has 2 unspecified atom stereocenters. The predicted molar refractivity (Wildman–Crippen MR) is 93.7 cm³/mol. The summed E-state index contributed by atoms with van der Waals surface area (Å²) >= 11 is 6.06. The third-order valence-corrected chi connectivity index (χ3v) is 4.36. The maximum atomic E-state index is 12.6. The molecule has 24 heavy (non-hydrogen) atoms. The van der Waals surface area contributed by atoms with E-state index in [1.165, 1.54) is 0 Å². The van der Waals surface area contributed by atoms with Gasteiger partial charge in [-0.15, -0.1) is 0 Å². The molecule has 0 radical (unpaired) electrons. The second-order valence-corrected chi connectivity index (χ2v) is 6.17. The number of amides is 1. The van der Waals surface area contributed by atoms with Gasteiger partial charge >= 0.3 is 0 Å². The fraction of sp³-hybridized carbons (Fsp3) is 0.278. The van der Waals surface area contributed by atoms with Crippen LogP contribution in [0, 0.1) is 5.92 Å². The zero-order valence-electron chi connectivity index (χ0n) is 13.4. The number of benzene rings is 2. The molecule has 126 valence electrons. The summed E-state index contributed by atoms with van der Waals surface area (Å²) in [7, 11) is 1.63. The van der Waals surface area contributed by atoms with Crippen LogP contribution in [0.25, 0.3) is 0 Å². The van der Waals surface area contributed by atoms with E-state index >= 15 is 0 Å². The van der Waals surface area contributed by atoms with Crippen molar-refractivity contribution in [1.29, 1.82) is 0 Å². The summed E-state index contributed by atoms with van der Waals surface area (Å²) in [5.74, 6) is 0.581. The molecule has 1 aliphatic rings. The van der Waals surface area contributed by atoms with Crippen molar-refractivity contribution in [1.82, 2.24) is 16.2 Å². The van der Waals surface area contributed by atoms with E-state index in [-0.39, 0.29) is 17.9 Å². The van der Waals surface area contributed by atoms with Gasteiger partial charge in [-0.05, 0) is 35.4 Å². The SMILES string of the molecule is COc1cccc(CNC(=O)C2CNNC2c2cccc(Cl)c2)c1. The van der Waals surface area contributed by atoms with E-state index in [2.05, 4.69) is 16.2 Å². The molecule has 0 saturated carbocycles. The summed E-state index contributed by atoms with van der Waals surface area (Å²) in [5, 5.41) is 3.66. The highest BCUT2D eigenvalue weighted by molar-refractivity contribution is 6.30. The standard InChI is InChI=1S/C18H20ClN3O2/c1-24-15-7-2-4-12(8-15)10-20-18(23)16-11-21-22-17(16)13-5-3-6-14(19)9-13/h2-9,16-17,21-22H,10-11H2,1H3,(H,20,23). The minimum Gasteiger partial charge on any atom is -0.497 e. The number of carbonyl (C=O) groups is 1. The van der Waals surface area contributed by atoms with Crippen LogP contribution in [0.15, 0.2) is 48.5 Å². The normalized spacial score (nSPS) is 19.9. The summed E-state index contributed by atoms with van der Waals surface area (Å²) in [6, 6.07) is 15.1. The first kappa shape index (κ1) is 16.8. The summed E-state index contributed by atoms with van der Waals surface area (Å²) in [5.41, 5.74) is 8.22. The maximum Gasteiger partial charge on any atom is 0.226 e. The molecule has 2 aromatic rings. The molecule has 6 heteroatoms. The molecule has 2 atom stereocenters. The third kappa shape index (κ3) is 3.87. The molecule has 1 heterocycles. The molecule has 0 aliphatic carbocycles. The van der Waals surface area contributed by atoms with E-state index in [9.17, 15) is 4.79 Å². The van der Waals surface area contributed by atoms with Crippen LogP contribution in [0.4, 0.5) is 0 Å². The molecule has 0 aromatic heterocycles. The van der Waals surface area contributed by atoms with Gasteiger partial charge in [-0.1, -0.05) is 35.9 Å². The van der Waals surface area contributed by atoms with Crippen molar-refractivity contribution >= 4 is 17.5 Å². The Labute approximate surface area is 146 Å². The first-order chi connectivity index (χ1) is 11.7. The van der Waals surface area contributed by atoms with Gasteiger partial charge in [0, 0.05) is 18.1 Å². The Kier molecular flexibility index (Phi) is 5.35. The molecule has 0 bridgehead atoms. The van der Waals surface area contributed by atoms with Crippen molar-refractivity contribution in [3.63, 3.8) is 0 Å². The summed E-state index contributed by atoms with van der Waals surface area (Å²) in [4.78, 5) is 12.6. The third-order valence-electron chi connectivity index (χ3n) is 4.13. The molecule has 2 aromatic carbocycles. The van der Waals surface area contributed by atoms with Crippen LogP contribution in [0.5, 0.6) is 5.75 Å². The molecule has 5 nitrogen and oxygen atoms in total. The van der Waals surface area contributed by atoms with E-state index in [0.717, 1.165) is 16.9 Å². The van der Waals surface area contributed by atoms with Gasteiger partial charge < -0.3 is 10.1 Å². The van der Waals surface area contributed by atoms with Gasteiger partial charge in [0.1, 0.15) is 5.75 Å². The monoisotopic (exact) mass is 345 g/mol. The van der Waals surface area contributed by atoms with Crippen molar-refractivity contribution in [2.45, 2.75) is 12.6 Å². The zero-order chi connectivity index (χ0) is 16.9. The summed E-state index contributed by atoms with van der Waals surface area (Å²) in [6.07, 6.45) is 0. The fourth-order valence-electron chi connectivity index (χ4n) is 2.86.